The third-order valence-electron chi connectivity index (χ3n) is 13.8. The van der Waals surface area contributed by atoms with Gasteiger partial charge in [0.2, 0.25) is 0 Å². The van der Waals surface area contributed by atoms with E-state index in [0.29, 0.717) is 81.9 Å². The molecule has 5 aliphatic rings. The number of hydrogen-bond donors (Lipinski definition) is 2. The maximum atomic E-state index is 14.7. The standard InChI is InChI=1S/C42H53F2NO6/c1-7-21-45(36(48)42-20-19-40(6,37(49)51-42)38(42,3)4)25-41(50)18-16-32-30-14-11-27(22-29(46)13-10-26(2)9-8-17-39(32,41)5)23-31(30)35(47)28-12-15-33(43)34(44)24-28/h9,11-12,14-15,23-24,29,32,46,50H,7-8,10,13,16-22,25H2,1-6H3/t29-,32-,39-,40-,41+,42+/m0/s1. The quantitative estimate of drug-likeness (QED) is 0.175. The van der Waals surface area contributed by atoms with Crippen molar-refractivity contribution < 1.29 is 38.1 Å². The number of aliphatic hydroxyl groups is 2. The molecule has 2 saturated carbocycles. The number of halogens is 2. The number of ketones is 1. The van der Waals surface area contributed by atoms with Crippen molar-refractivity contribution in [1.82, 2.24) is 4.90 Å². The van der Waals surface area contributed by atoms with E-state index in [9.17, 15) is 33.4 Å². The molecule has 0 radical (unpaired) electrons. The Morgan fingerprint density at radius 1 is 0.980 bits per heavy atom. The van der Waals surface area contributed by atoms with Crippen molar-refractivity contribution in [2.75, 3.05) is 13.1 Å². The Morgan fingerprint density at radius 2 is 1.73 bits per heavy atom. The first-order chi connectivity index (χ1) is 23.9. The lowest BCUT2D eigenvalue weighted by Crippen LogP contribution is -2.60. The number of esters is 1. The SMILES string of the molecule is CCCN(C[C@]1(O)CC[C@H]2c3ccc(cc3C(=O)c3ccc(F)c(F)c3)C[C@@H](O)CCC(C)=CCC[C@@]21C)C(=O)[C@@]12CC[C@@](C)(C(=O)O1)C2(C)C. The molecule has 2 N–H and O–H groups in total. The normalized spacial score (nSPS) is 33.0. The number of ether oxygens (including phenoxy) is 1. The highest BCUT2D eigenvalue weighted by Crippen LogP contribution is 2.66. The first kappa shape index (κ1) is 37.3. The zero-order valence-corrected chi connectivity index (χ0v) is 30.9. The fourth-order valence-corrected chi connectivity index (χ4v) is 9.80. The second kappa shape index (κ2) is 13.2. The van der Waals surface area contributed by atoms with Gasteiger partial charge in [-0.2, -0.15) is 0 Å². The molecule has 9 heteroatoms. The molecule has 7 nitrogen and oxygen atoms in total. The topological polar surface area (TPSA) is 104 Å². The van der Waals surface area contributed by atoms with E-state index in [1.807, 2.05) is 53.7 Å². The summed E-state index contributed by atoms with van der Waals surface area (Å²) in [4.78, 5) is 43.8. The van der Waals surface area contributed by atoms with E-state index in [0.717, 1.165) is 23.3 Å². The molecule has 1 saturated heterocycles. The molecule has 3 fully saturated rings. The molecule has 7 rings (SSSR count). The number of hydrogen-bond acceptors (Lipinski definition) is 6. The number of carbonyl (C=O) groups is 3. The van der Waals surface area contributed by atoms with Gasteiger partial charge >= 0.3 is 5.97 Å². The second-order valence-electron chi connectivity index (χ2n) is 16.8. The van der Waals surface area contributed by atoms with Crippen LogP contribution in [0.2, 0.25) is 0 Å². The van der Waals surface area contributed by atoms with Crippen LogP contribution in [-0.2, 0) is 20.7 Å². The van der Waals surface area contributed by atoms with Gasteiger partial charge in [0.05, 0.1) is 23.7 Å². The summed E-state index contributed by atoms with van der Waals surface area (Å²) in [6.45, 7) is 12.3. The Balaban J connectivity index is 1.43. The molecule has 0 aromatic heterocycles. The maximum absolute atomic E-state index is 14.7. The first-order valence-electron chi connectivity index (χ1n) is 18.6. The van der Waals surface area contributed by atoms with Gasteiger partial charge in [-0.1, -0.05) is 51.5 Å². The van der Waals surface area contributed by atoms with Gasteiger partial charge in [-0.3, -0.25) is 14.4 Å². The molecular formula is C42H53F2NO6. The van der Waals surface area contributed by atoms with Gasteiger partial charge in [-0.05, 0) is 119 Å². The van der Waals surface area contributed by atoms with E-state index in [1.165, 1.54) is 6.07 Å². The molecule has 1 amide bonds. The molecule has 1 aliphatic heterocycles. The zero-order valence-electron chi connectivity index (χ0n) is 30.9. The van der Waals surface area contributed by atoms with E-state index >= 15 is 0 Å². The van der Waals surface area contributed by atoms with Crippen LogP contribution in [0.5, 0.6) is 0 Å². The predicted octanol–water partition coefficient (Wildman–Crippen LogP) is 7.59. The van der Waals surface area contributed by atoms with Gasteiger partial charge in [0.1, 0.15) is 0 Å². The second-order valence-corrected chi connectivity index (χ2v) is 16.8. The largest absolute Gasteiger partial charge is 0.448 e. The highest BCUT2D eigenvalue weighted by Gasteiger charge is 2.76. The van der Waals surface area contributed by atoms with Crippen LogP contribution in [0.3, 0.4) is 0 Å². The summed E-state index contributed by atoms with van der Waals surface area (Å²) in [5.41, 5.74) is -2.07. The number of benzene rings is 2. The maximum Gasteiger partial charge on any atom is 0.313 e. The molecule has 4 aliphatic carbocycles. The van der Waals surface area contributed by atoms with Crippen LogP contribution in [0.1, 0.15) is 132 Å². The summed E-state index contributed by atoms with van der Waals surface area (Å²) in [7, 11) is 0. The predicted molar refractivity (Wildman–Crippen MR) is 190 cm³/mol. The van der Waals surface area contributed by atoms with E-state index in [4.69, 9.17) is 4.74 Å². The van der Waals surface area contributed by atoms with Gasteiger partial charge in [0, 0.05) is 28.5 Å². The molecule has 4 bridgehead atoms. The van der Waals surface area contributed by atoms with Crippen molar-refractivity contribution in [3.63, 3.8) is 0 Å². The molecule has 2 aromatic rings. The Bertz CT molecular complexity index is 1770. The summed E-state index contributed by atoms with van der Waals surface area (Å²) in [6.07, 6.45) is 6.78. The summed E-state index contributed by atoms with van der Waals surface area (Å²) in [5, 5.41) is 23.9. The molecular weight excluding hydrogens is 652 g/mol. The number of allylic oxidation sites excluding steroid dienone is 2. The number of aliphatic hydroxyl groups excluding tert-OH is 1. The van der Waals surface area contributed by atoms with Crippen LogP contribution in [-0.4, -0.2) is 63.2 Å². The minimum absolute atomic E-state index is 0.0127. The molecule has 51 heavy (non-hydrogen) atoms. The van der Waals surface area contributed by atoms with Crippen LogP contribution < -0.4 is 0 Å². The van der Waals surface area contributed by atoms with Crippen LogP contribution in [0, 0.1) is 27.9 Å². The van der Waals surface area contributed by atoms with Crippen LogP contribution in [0.4, 0.5) is 8.78 Å². The third kappa shape index (κ3) is 5.87. The van der Waals surface area contributed by atoms with Crippen molar-refractivity contribution in [2.24, 2.45) is 16.2 Å². The van der Waals surface area contributed by atoms with Gasteiger partial charge in [0.15, 0.2) is 23.0 Å². The van der Waals surface area contributed by atoms with Gasteiger partial charge in [0.25, 0.3) is 5.91 Å². The van der Waals surface area contributed by atoms with Crippen molar-refractivity contribution in [3.05, 3.63) is 81.9 Å². The molecule has 2 aromatic carbocycles. The zero-order chi connectivity index (χ0) is 37.1. The Morgan fingerprint density at radius 3 is 2.37 bits per heavy atom. The lowest BCUT2D eigenvalue weighted by atomic mass is 9.64. The van der Waals surface area contributed by atoms with Gasteiger partial charge in [-0.25, -0.2) is 8.78 Å². The summed E-state index contributed by atoms with van der Waals surface area (Å²) >= 11 is 0. The monoisotopic (exact) mass is 705 g/mol. The van der Waals surface area contributed by atoms with Crippen molar-refractivity contribution in [1.29, 1.82) is 0 Å². The lowest BCUT2D eigenvalue weighted by molar-refractivity contribution is -0.177. The third-order valence-corrected chi connectivity index (χ3v) is 13.8. The van der Waals surface area contributed by atoms with Crippen molar-refractivity contribution >= 4 is 17.7 Å². The Hall–Kier alpha value is -3.43. The average Bonchev–Trinajstić information content (AvgIpc) is 3.51. The molecule has 6 atom stereocenters. The van der Waals surface area contributed by atoms with E-state index in [2.05, 4.69) is 6.08 Å². The first-order valence-corrected chi connectivity index (χ1v) is 18.6. The number of fused-ring (bicyclic) bond motifs is 10. The smallest absolute Gasteiger partial charge is 0.313 e. The molecule has 1 heterocycles. The lowest BCUT2D eigenvalue weighted by Gasteiger charge is -2.47. The number of rotatable bonds is 7. The number of carbonyl (C=O) groups excluding carboxylic acids is 3. The highest BCUT2D eigenvalue weighted by atomic mass is 19.2. The van der Waals surface area contributed by atoms with Gasteiger partial charge < -0.3 is 19.8 Å². The highest BCUT2D eigenvalue weighted by molar-refractivity contribution is 6.10. The minimum atomic E-state index is -1.37. The molecule has 276 valence electrons. The summed E-state index contributed by atoms with van der Waals surface area (Å²) in [5.74, 6) is -3.56. The fourth-order valence-electron chi connectivity index (χ4n) is 9.80. The number of nitrogens with zero attached hydrogens (tertiary/aromatic N) is 1. The minimum Gasteiger partial charge on any atom is -0.448 e. The summed E-state index contributed by atoms with van der Waals surface area (Å²) < 4.78 is 34.3. The fraction of sp³-hybridized carbons (Fsp3) is 0.595. The Labute approximate surface area is 300 Å². The van der Waals surface area contributed by atoms with Gasteiger partial charge in [-0.15, -0.1) is 0 Å². The number of amides is 1. The Kier molecular flexibility index (Phi) is 9.67. The van der Waals surface area contributed by atoms with Crippen molar-refractivity contribution in [3.8, 4) is 0 Å². The van der Waals surface area contributed by atoms with Crippen LogP contribution in [0.15, 0.2) is 48.0 Å². The average molecular weight is 706 g/mol. The van der Waals surface area contributed by atoms with E-state index in [-0.39, 0.29) is 29.9 Å². The van der Waals surface area contributed by atoms with Crippen LogP contribution in [0.25, 0.3) is 0 Å². The van der Waals surface area contributed by atoms with Crippen molar-refractivity contribution in [2.45, 2.75) is 129 Å². The van der Waals surface area contributed by atoms with E-state index < -0.39 is 51.0 Å². The summed E-state index contributed by atoms with van der Waals surface area (Å²) in [6, 6.07) is 8.70. The van der Waals surface area contributed by atoms with Crippen LogP contribution >= 0.6 is 0 Å². The molecule has 0 unspecified atom stereocenters. The molecule has 0 spiro atoms. The van der Waals surface area contributed by atoms with E-state index in [1.54, 1.807) is 11.0 Å².